The van der Waals surface area contributed by atoms with Gasteiger partial charge in [-0.15, -0.1) is 0 Å². The molecule has 0 aliphatic rings. The summed E-state index contributed by atoms with van der Waals surface area (Å²) in [6.07, 6.45) is 3.74. The van der Waals surface area contributed by atoms with Crippen LogP contribution in [0.3, 0.4) is 0 Å². The fourth-order valence-corrected chi connectivity index (χ4v) is 2.30. The third-order valence-corrected chi connectivity index (χ3v) is 3.28. The Morgan fingerprint density at radius 1 is 1.44 bits per heavy atom. The Bertz CT molecular complexity index is 582. The minimum atomic E-state index is -3.68. The minimum absolute atomic E-state index is 0.0219. The van der Waals surface area contributed by atoms with Crippen LogP contribution in [0.25, 0.3) is 0 Å². The van der Waals surface area contributed by atoms with E-state index in [4.69, 9.17) is 11.6 Å². The van der Waals surface area contributed by atoms with Gasteiger partial charge >= 0.3 is 0 Å². The molecule has 2 rings (SSSR count). The molecule has 1 N–H and O–H groups in total. The number of pyridine rings is 1. The number of hydrogen-bond donors (Lipinski definition) is 1. The van der Waals surface area contributed by atoms with Gasteiger partial charge in [-0.3, -0.25) is 4.72 Å². The summed E-state index contributed by atoms with van der Waals surface area (Å²) in [6.45, 7) is 0. The molecule has 2 heterocycles. The summed E-state index contributed by atoms with van der Waals surface area (Å²) in [6, 6.07) is 2.58. The van der Waals surface area contributed by atoms with Crippen LogP contribution in [0, 0.1) is 0 Å². The molecule has 84 valence electrons. The van der Waals surface area contributed by atoms with E-state index >= 15 is 0 Å². The quantitative estimate of drug-likeness (QED) is 0.845. The molecule has 2 aromatic rings. The Hall–Kier alpha value is -1.60. The summed E-state index contributed by atoms with van der Waals surface area (Å²) in [4.78, 5) is 3.71. The molecule has 0 radical (unpaired) electrons. The topological polar surface area (TPSA) is 85.1 Å². The zero-order chi connectivity index (χ0) is 11.6. The van der Waals surface area contributed by atoms with E-state index in [1.807, 2.05) is 0 Å². The lowest BCUT2D eigenvalue weighted by Gasteiger charge is -2.04. The van der Waals surface area contributed by atoms with Crippen LogP contribution in [-0.4, -0.2) is 18.6 Å². The second-order valence-electron chi connectivity index (χ2n) is 2.83. The Balaban J connectivity index is 2.33. The molecule has 8 heteroatoms. The summed E-state index contributed by atoms with van der Waals surface area (Å²) in [5.74, 6) is 0. The molecule has 0 atom stereocenters. The highest BCUT2D eigenvalue weighted by molar-refractivity contribution is 7.92. The fraction of sp³-hybridized carbons (Fsp3) is 0. The van der Waals surface area contributed by atoms with Crippen LogP contribution >= 0.6 is 11.6 Å². The monoisotopic (exact) mass is 259 g/mol. The third-order valence-electron chi connectivity index (χ3n) is 1.69. The van der Waals surface area contributed by atoms with Crippen LogP contribution in [0.4, 0.5) is 5.69 Å². The van der Waals surface area contributed by atoms with Gasteiger partial charge in [0.25, 0.3) is 10.0 Å². The first-order valence-corrected chi connectivity index (χ1v) is 5.98. The van der Waals surface area contributed by atoms with Crippen LogP contribution in [-0.2, 0) is 10.0 Å². The highest BCUT2D eigenvalue weighted by atomic mass is 35.5. The average Bonchev–Trinajstić information content (AvgIpc) is 2.70. The maximum absolute atomic E-state index is 11.8. The van der Waals surface area contributed by atoms with Gasteiger partial charge in [0.15, 0.2) is 0 Å². The standard InChI is InChI=1S/C8H6ClN3O3S/c9-8-3-7(1-2-10-8)16(13,14)12-6-4-11-15-5-6/h1-5,12H. The van der Waals surface area contributed by atoms with Crippen molar-refractivity contribution < 1.29 is 12.9 Å². The van der Waals surface area contributed by atoms with Gasteiger partial charge in [0.05, 0.1) is 11.1 Å². The van der Waals surface area contributed by atoms with Crippen molar-refractivity contribution in [3.8, 4) is 0 Å². The first-order valence-electron chi connectivity index (χ1n) is 4.12. The number of sulfonamides is 1. The van der Waals surface area contributed by atoms with Crippen molar-refractivity contribution in [1.82, 2.24) is 10.1 Å². The number of hydrogen-bond acceptors (Lipinski definition) is 5. The van der Waals surface area contributed by atoms with E-state index in [0.29, 0.717) is 0 Å². The number of halogens is 1. The molecule has 0 unspecified atom stereocenters. The molecular weight excluding hydrogens is 254 g/mol. The van der Waals surface area contributed by atoms with E-state index in [9.17, 15) is 8.42 Å². The lowest BCUT2D eigenvalue weighted by Crippen LogP contribution is -2.12. The van der Waals surface area contributed by atoms with Crippen LogP contribution in [0.5, 0.6) is 0 Å². The van der Waals surface area contributed by atoms with Gasteiger partial charge in [0.1, 0.15) is 17.1 Å². The number of aromatic nitrogens is 2. The lowest BCUT2D eigenvalue weighted by molar-refractivity contribution is 0.420. The molecule has 0 saturated heterocycles. The molecule has 0 bridgehead atoms. The third kappa shape index (κ3) is 2.31. The van der Waals surface area contributed by atoms with Gasteiger partial charge in [0.2, 0.25) is 0 Å². The van der Waals surface area contributed by atoms with Crippen molar-refractivity contribution in [1.29, 1.82) is 0 Å². The molecule has 0 aliphatic carbocycles. The van der Waals surface area contributed by atoms with Gasteiger partial charge in [-0.1, -0.05) is 16.8 Å². The van der Waals surface area contributed by atoms with E-state index in [0.717, 1.165) is 0 Å². The van der Waals surface area contributed by atoms with Crippen molar-refractivity contribution in [3.63, 3.8) is 0 Å². The predicted molar refractivity (Wildman–Crippen MR) is 56.6 cm³/mol. The van der Waals surface area contributed by atoms with Crippen molar-refractivity contribution in [2.75, 3.05) is 4.72 Å². The molecule has 0 fully saturated rings. The van der Waals surface area contributed by atoms with Crippen molar-refractivity contribution >= 4 is 27.3 Å². The molecule has 0 saturated carbocycles. The predicted octanol–water partition coefficient (Wildman–Crippen LogP) is 1.52. The number of rotatable bonds is 3. The lowest BCUT2D eigenvalue weighted by atomic mass is 10.5. The van der Waals surface area contributed by atoms with E-state index in [1.54, 1.807) is 0 Å². The second-order valence-corrected chi connectivity index (χ2v) is 4.90. The largest absolute Gasteiger partial charge is 0.362 e. The van der Waals surface area contributed by atoms with Gasteiger partial charge in [0, 0.05) is 6.20 Å². The second kappa shape index (κ2) is 4.11. The van der Waals surface area contributed by atoms with Crippen molar-refractivity contribution in [3.05, 3.63) is 35.9 Å². The van der Waals surface area contributed by atoms with E-state index in [2.05, 4.69) is 19.4 Å². The highest BCUT2D eigenvalue weighted by Crippen LogP contribution is 2.16. The molecule has 0 amide bonds. The molecular formula is C8H6ClN3O3S. The normalized spacial score (nSPS) is 11.3. The van der Waals surface area contributed by atoms with Gasteiger partial charge in [-0.25, -0.2) is 13.4 Å². The Morgan fingerprint density at radius 3 is 2.88 bits per heavy atom. The van der Waals surface area contributed by atoms with Gasteiger partial charge in [-0.05, 0) is 12.1 Å². The molecule has 0 spiro atoms. The van der Waals surface area contributed by atoms with E-state index < -0.39 is 10.0 Å². The number of nitrogens with zero attached hydrogens (tertiary/aromatic N) is 2. The van der Waals surface area contributed by atoms with Crippen LogP contribution in [0.2, 0.25) is 5.15 Å². The van der Waals surface area contributed by atoms with Crippen LogP contribution in [0.1, 0.15) is 0 Å². The summed E-state index contributed by atoms with van der Waals surface area (Å²) in [5.41, 5.74) is 0.243. The summed E-state index contributed by atoms with van der Waals surface area (Å²) in [5, 5.41) is 3.48. The first-order chi connectivity index (χ1) is 7.58. The molecule has 16 heavy (non-hydrogen) atoms. The molecule has 0 aliphatic heterocycles. The molecule has 0 aromatic carbocycles. The number of anilines is 1. The minimum Gasteiger partial charge on any atom is -0.362 e. The Kier molecular flexibility index (Phi) is 2.80. The van der Waals surface area contributed by atoms with Crippen LogP contribution < -0.4 is 4.72 Å². The summed E-state index contributed by atoms with van der Waals surface area (Å²) < 4.78 is 30.3. The fourth-order valence-electron chi connectivity index (χ4n) is 1.02. The zero-order valence-corrected chi connectivity index (χ0v) is 9.36. The molecule has 2 aromatic heterocycles. The SMILES string of the molecule is O=S(=O)(Nc1cnoc1)c1ccnc(Cl)c1. The van der Waals surface area contributed by atoms with Crippen LogP contribution in [0.15, 0.2) is 40.2 Å². The van der Waals surface area contributed by atoms with E-state index in [-0.39, 0.29) is 15.7 Å². The van der Waals surface area contributed by atoms with Crippen molar-refractivity contribution in [2.45, 2.75) is 4.90 Å². The summed E-state index contributed by atoms with van der Waals surface area (Å²) in [7, 11) is -3.68. The van der Waals surface area contributed by atoms with Crippen molar-refractivity contribution in [2.24, 2.45) is 0 Å². The van der Waals surface area contributed by atoms with Gasteiger partial charge < -0.3 is 4.52 Å². The zero-order valence-electron chi connectivity index (χ0n) is 7.79. The number of nitrogens with one attached hydrogen (secondary N) is 1. The Labute approximate surface area is 96.3 Å². The highest BCUT2D eigenvalue weighted by Gasteiger charge is 2.15. The average molecular weight is 260 g/mol. The van der Waals surface area contributed by atoms with E-state index in [1.165, 1.54) is 30.8 Å². The first kappa shape index (κ1) is 10.9. The van der Waals surface area contributed by atoms with Gasteiger partial charge in [-0.2, -0.15) is 0 Å². The summed E-state index contributed by atoms with van der Waals surface area (Å²) >= 11 is 5.60. The maximum atomic E-state index is 11.8. The Morgan fingerprint density at radius 2 is 2.25 bits per heavy atom. The smallest absolute Gasteiger partial charge is 0.262 e. The maximum Gasteiger partial charge on any atom is 0.262 e. The molecule has 6 nitrogen and oxygen atoms in total.